The molecule has 0 radical (unpaired) electrons. The molecule has 0 amide bonds. The summed E-state index contributed by atoms with van der Waals surface area (Å²) in [4.78, 5) is 27.2. The van der Waals surface area contributed by atoms with Crippen molar-refractivity contribution < 1.29 is 0 Å². The van der Waals surface area contributed by atoms with Crippen molar-refractivity contribution >= 4 is 33.4 Å². The fourth-order valence-electron chi connectivity index (χ4n) is 9.08. The molecule has 10 aromatic rings. The Kier molecular flexibility index (Phi) is 8.49. The molecule has 7 aromatic carbocycles. The Balaban J connectivity index is 0.884. The molecule has 2 aliphatic rings. The van der Waals surface area contributed by atoms with Crippen LogP contribution in [0.2, 0.25) is 0 Å². The van der Waals surface area contributed by atoms with Crippen molar-refractivity contribution in [2.75, 3.05) is 4.90 Å². The SMILES string of the molecule is C1=CCC2C(=C1)N(c1ncc(-c3ccc4c(c3)c3ccccc3n4-c3ccccc3)cn1)c1ccc(-c3cccc(-c4nc(-c5ccccc5)nc(-c5ccccc5)n4)c3)cc12. The summed E-state index contributed by atoms with van der Waals surface area (Å²) in [7, 11) is 0. The Morgan fingerprint density at radius 1 is 0.452 bits per heavy atom. The van der Waals surface area contributed by atoms with Gasteiger partial charge in [-0.3, -0.25) is 4.90 Å². The number of para-hydroxylation sites is 2. The number of benzene rings is 7. The molecule has 12 rings (SSSR count). The van der Waals surface area contributed by atoms with Gasteiger partial charge >= 0.3 is 0 Å². The van der Waals surface area contributed by atoms with Crippen LogP contribution < -0.4 is 4.90 Å². The molecule has 292 valence electrons. The molecule has 1 aliphatic carbocycles. The molecule has 1 atom stereocenters. The van der Waals surface area contributed by atoms with Crippen LogP contribution in [0.3, 0.4) is 0 Å². The Morgan fingerprint density at radius 3 is 1.77 bits per heavy atom. The summed E-state index contributed by atoms with van der Waals surface area (Å²) in [5.74, 6) is 2.77. The number of nitrogens with zero attached hydrogens (tertiary/aromatic N) is 7. The first kappa shape index (κ1) is 35.6. The third-order valence-electron chi connectivity index (χ3n) is 12.0. The quantitative estimate of drug-likeness (QED) is 0.160. The summed E-state index contributed by atoms with van der Waals surface area (Å²) in [5.41, 5.74) is 14.1. The topological polar surface area (TPSA) is 72.6 Å². The molecule has 7 heteroatoms. The molecule has 1 aliphatic heterocycles. The van der Waals surface area contributed by atoms with Gasteiger partial charge in [-0.05, 0) is 83.3 Å². The lowest BCUT2D eigenvalue weighted by atomic mass is 9.90. The van der Waals surface area contributed by atoms with Crippen molar-refractivity contribution in [2.24, 2.45) is 0 Å². The first-order chi connectivity index (χ1) is 30.7. The van der Waals surface area contributed by atoms with E-state index in [1.807, 2.05) is 73.1 Å². The van der Waals surface area contributed by atoms with Gasteiger partial charge in [-0.2, -0.15) is 0 Å². The second-order valence-electron chi connectivity index (χ2n) is 15.7. The van der Waals surface area contributed by atoms with Gasteiger partial charge < -0.3 is 4.57 Å². The van der Waals surface area contributed by atoms with Crippen molar-refractivity contribution in [3.05, 3.63) is 218 Å². The van der Waals surface area contributed by atoms with Crippen LogP contribution in [0, 0.1) is 0 Å². The maximum atomic E-state index is 5.03. The lowest BCUT2D eigenvalue weighted by molar-refractivity contribution is 0.813. The highest BCUT2D eigenvalue weighted by Crippen LogP contribution is 2.51. The van der Waals surface area contributed by atoms with E-state index in [0.717, 1.165) is 56.7 Å². The van der Waals surface area contributed by atoms with Gasteiger partial charge in [0.2, 0.25) is 5.95 Å². The van der Waals surface area contributed by atoms with E-state index in [9.17, 15) is 0 Å². The van der Waals surface area contributed by atoms with Crippen molar-refractivity contribution in [1.82, 2.24) is 29.5 Å². The predicted molar refractivity (Wildman–Crippen MR) is 250 cm³/mol. The lowest BCUT2D eigenvalue weighted by Gasteiger charge is -2.22. The average molecular weight is 796 g/mol. The molecular weight excluding hydrogens is 759 g/mol. The number of allylic oxidation sites excluding steroid dienone is 4. The van der Waals surface area contributed by atoms with E-state index in [2.05, 4.69) is 143 Å². The van der Waals surface area contributed by atoms with E-state index >= 15 is 0 Å². The summed E-state index contributed by atoms with van der Waals surface area (Å²) < 4.78 is 2.34. The van der Waals surface area contributed by atoms with E-state index in [1.54, 1.807) is 0 Å². The number of rotatable bonds is 7. The van der Waals surface area contributed by atoms with E-state index in [0.29, 0.717) is 23.4 Å². The zero-order valence-electron chi connectivity index (χ0n) is 33.5. The number of hydrogen-bond donors (Lipinski definition) is 0. The van der Waals surface area contributed by atoms with Crippen LogP contribution in [0.1, 0.15) is 17.9 Å². The van der Waals surface area contributed by atoms with E-state index < -0.39 is 0 Å². The normalized spacial score (nSPS) is 14.2. The fourth-order valence-corrected chi connectivity index (χ4v) is 9.08. The summed E-state index contributed by atoms with van der Waals surface area (Å²) in [6, 6.07) is 61.3. The zero-order valence-corrected chi connectivity index (χ0v) is 33.5. The highest BCUT2D eigenvalue weighted by atomic mass is 15.3. The van der Waals surface area contributed by atoms with Gasteiger partial charge in [-0.25, -0.2) is 24.9 Å². The molecule has 0 saturated heterocycles. The van der Waals surface area contributed by atoms with Crippen LogP contribution in [0.4, 0.5) is 11.6 Å². The maximum absolute atomic E-state index is 5.03. The highest BCUT2D eigenvalue weighted by Gasteiger charge is 2.36. The van der Waals surface area contributed by atoms with E-state index in [4.69, 9.17) is 24.9 Å². The standard InChI is InChI=1S/C55H37N7/c1-4-15-36(16-5-1)52-58-53(37-17-6-2-7-18-37)60-54(59-52)41-20-14-19-38(31-41)39-27-30-51-47(32-39)45-24-11-13-26-49(45)62(51)55-56-34-42(35-57-55)40-28-29-50-46(33-40)44-23-10-12-25-48(44)61(50)43-21-8-3-9-22-43/h1-23,25-35,45H,24H2. The molecule has 0 fully saturated rings. The number of anilines is 2. The lowest BCUT2D eigenvalue weighted by Crippen LogP contribution is -2.17. The van der Waals surface area contributed by atoms with Crippen molar-refractivity contribution in [3.63, 3.8) is 0 Å². The van der Waals surface area contributed by atoms with Gasteiger partial charge in [0.1, 0.15) is 0 Å². The van der Waals surface area contributed by atoms with E-state index in [1.165, 1.54) is 33.1 Å². The number of fused-ring (bicyclic) bond motifs is 6. The molecule has 0 bridgehead atoms. The van der Waals surface area contributed by atoms with Gasteiger partial charge in [-0.15, -0.1) is 0 Å². The Bertz CT molecular complexity index is 3320. The Morgan fingerprint density at radius 2 is 1.03 bits per heavy atom. The molecular formula is C55H37N7. The number of hydrogen-bond acceptors (Lipinski definition) is 6. The number of aromatic nitrogens is 6. The smallest absolute Gasteiger partial charge is 0.234 e. The fraction of sp³-hybridized carbons (Fsp3) is 0.0364. The van der Waals surface area contributed by atoms with Gasteiger partial charge in [0, 0.05) is 62.7 Å². The molecule has 0 saturated carbocycles. The van der Waals surface area contributed by atoms with Gasteiger partial charge in [0.15, 0.2) is 17.5 Å². The zero-order chi connectivity index (χ0) is 41.0. The Labute approximate surface area is 358 Å². The molecule has 0 N–H and O–H groups in total. The van der Waals surface area contributed by atoms with Crippen molar-refractivity contribution in [1.29, 1.82) is 0 Å². The third-order valence-corrected chi connectivity index (χ3v) is 12.0. The van der Waals surface area contributed by atoms with Gasteiger partial charge in [0.25, 0.3) is 0 Å². The van der Waals surface area contributed by atoms with Crippen LogP contribution in [-0.2, 0) is 0 Å². The van der Waals surface area contributed by atoms with Crippen LogP contribution in [-0.4, -0.2) is 29.5 Å². The molecule has 0 spiro atoms. The van der Waals surface area contributed by atoms with Crippen LogP contribution >= 0.6 is 0 Å². The van der Waals surface area contributed by atoms with E-state index in [-0.39, 0.29) is 5.92 Å². The minimum absolute atomic E-state index is 0.191. The van der Waals surface area contributed by atoms with Gasteiger partial charge in [0.05, 0.1) is 16.7 Å². The molecule has 3 aromatic heterocycles. The second-order valence-corrected chi connectivity index (χ2v) is 15.7. The summed E-state index contributed by atoms with van der Waals surface area (Å²) in [5, 5.41) is 2.42. The third kappa shape index (κ3) is 6.09. The summed E-state index contributed by atoms with van der Waals surface area (Å²) >= 11 is 0. The average Bonchev–Trinajstić information content (AvgIpc) is 3.87. The molecule has 7 nitrogen and oxygen atoms in total. The summed E-state index contributed by atoms with van der Waals surface area (Å²) in [6.45, 7) is 0. The minimum Gasteiger partial charge on any atom is -0.309 e. The maximum Gasteiger partial charge on any atom is 0.234 e. The first-order valence-corrected chi connectivity index (χ1v) is 20.9. The Hall–Kier alpha value is -8.29. The molecule has 1 unspecified atom stereocenters. The molecule has 62 heavy (non-hydrogen) atoms. The van der Waals surface area contributed by atoms with Crippen LogP contribution in [0.25, 0.3) is 83.9 Å². The molecule has 4 heterocycles. The predicted octanol–water partition coefficient (Wildman–Crippen LogP) is 13.2. The summed E-state index contributed by atoms with van der Waals surface area (Å²) in [6.07, 6.45) is 11.4. The van der Waals surface area contributed by atoms with Crippen molar-refractivity contribution in [3.8, 4) is 62.1 Å². The first-order valence-electron chi connectivity index (χ1n) is 20.9. The minimum atomic E-state index is 0.191. The van der Waals surface area contributed by atoms with Crippen LogP contribution in [0.5, 0.6) is 0 Å². The largest absolute Gasteiger partial charge is 0.309 e. The van der Waals surface area contributed by atoms with Gasteiger partial charge in [-0.1, -0.05) is 140 Å². The second kappa shape index (κ2) is 14.8. The monoisotopic (exact) mass is 795 g/mol. The van der Waals surface area contributed by atoms with Crippen molar-refractivity contribution in [2.45, 2.75) is 12.3 Å². The van der Waals surface area contributed by atoms with Crippen LogP contribution in [0.15, 0.2) is 212 Å². The highest BCUT2D eigenvalue weighted by molar-refractivity contribution is 6.10.